The number of hydrogen-bond donors (Lipinski definition) is 1. The van der Waals surface area contributed by atoms with Crippen molar-refractivity contribution < 1.29 is 14.8 Å². The summed E-state index contributed by atoms with van der Waals surface area (Å²) >= 11 is 2.74. The number of thioether (sulfide) groups is 2. The highest BCUT2D eigenvalue weighted by Crippen LogP contribution is 2.37. The number of anilines is 2. The molecule has 0 aromatic carbocycles. The van der Waals surface area contributed by atoms with Crippen LogP contribution in [0.15, 0.2) is 5.03 Å². The number of piperazine rings is 1. The van der Waals surface area contributed by atoms with Crippen molar-refractivity contribution >= 4 is 47.4 Å². The van der Waals surface area contributed by atoms with Gasteiger partial charge in [-0.15, -0.1) is 0 Å². The van der Waals surface area contributed by atoms with Crippen molar-refractivity contribution in [2.24, 2.45) is 0 Å². The summed E-state index contributed by atoms with van der Waals surface area (Å²) in [6.45, 7) is 3.61. The normalized spacial score (nSPS) is 18.1. The van der Waals surface area contributed by atoms with Crippen LogP contribution in [-0.2, 0) is 4.79 Å². The molecular weight excluding hydrogens is 380 g/mol. The molecule has 3 rings (SSSR count). The summed E-state index contributed by atoms with van der Waals surface area (Å²) in [5.41, 5.74) is -0.147. The second-order valence-electron chi connectivity index (χ2n) is 5.76. The molecule has 0 unspecified atom stereocenters. The summed E-state index contributed by atoms with van der Waals surface area (Å²) in [4.78, 5) is 36.5. The zero-order valence-electron chi connectivity index (χ0n) is 14.1. The number of amides is 1. The summed E-state index contributed by atoms with van der Waals surface area (Å²) in [5.74, 6) is 2.19. The number of aliphatic hydroxyl groups is 1. The van der Waals surface area contributed by atoms with Gasteiger partial charge in [-0.1, -0.05) is 11.8 Å². The Labute approximate surface area is 159 Å². The predicted octanol–water partition coefficient (Wildman–Crippen LogP) is 0.258. The van der Waals surface area contributed by atoms with Crippen molar-refractivity contribution in [3.8, 4) is 0 Å². The molecule has 2 saturated heterocycles. The lowest BCUT2D eigenvalue weighted by atomic mass is 10.3. The molecular formula is C14H20N6O4S2. The van der Waals surface area contributed by atoms with Crippen molar-refractivity contribution in [1.82, 2.24) is 14.9 Å². The molecule has 12 heteroatoms. The number of aromatic nitrogens is 2. The topological polar surface area (TPSA) is 116 Å². The number of aliphatic hydroxyl groups excluding tert-OH is 1. The Bertz CT molecular complexity index is 665. The number of rotatable bonds is 6. The van der Waals surface area contributed by atoms with E-state index in [1.165, 1.54) is 0 Å². The van der Waals surface area contributed by atoms with Crippen LogP contribution in [0.3, 0.4) is 0 Å². The minimum atomic E-state index is -0.469. The molecule has 1 N–H and O–H groups in total. The average Bonchev–Trinajstić information content (AvgIpc) is 2.68. The number of hydrogen-bond acceptors (Lipinski definition) is 10. The van der Waals surface area contributed by atoms with E-state index in [0.29, 0.717) is 51.0 Å². The molecule has 0 bridgehead atoms. The molecule has 0 spiro atoms. The van der Waals surface area contributed by atoms with Gasteiger partial charge >= 0.3 is 5.69 Å². The third kappa shape index (κ3) is 4.13. The number of nitrogens with zero attached hydrogens (tertiary/aromatic N) is 6. The Morgan fingerprint density at radius 3 is 2.42 bits per heavy atom. The molecule has 2 fully saturated rings. The Hall–Kier alpha value is -1.79. The monoisotopic (exact) mass is 400 g/mol. The first kappa shape index (κ1) is 19.0. The van der Waals surface area contributed by atoms with Crippen molar-refractivity contribution in [3.63, 3.8) is 0 Å². The Kier molecular flexibility index (Phi) is 6.38. The van der Waals surface area contributed by atoms with Gasteiger partial charge < -0.3 is 19.8 Å². The maximum atomic E-state index is 11.7. The highest BCUT2D eigenvalue weighted by molar-refractivity contribution is 7.99. The number of carbonyl (C=O) groups excluding carboxylic acids is 1. The van der Waals surface area contributed by atoms with E-state index in [4.69, 9.17) is 0 Å². The molecule has 1 amide bonds. The van der Waals surface area contributed by atoms with Crippen LogP contribution < -0.4 is 9.80 Å². The maximum Gasteiger partial charge on any atom is 0.343 e. The molecule has 0 atom stereocenters. The van der Waals surface area contributed by atoms with Gasteiger partial charge in [0.05, 0.1) is 10.9 Å². The molecule has 1 aromatic rings. The Balaban J connectivity index is 1.98. The standard InChI is InChI=1S/C14H20N6O4S2/c21-9-17-1-3-19(4-2-17)14-15-12(18-5-7-25-8-6-18)11(20(23)24)13(16-14)26-10-22/h9,22H,1-8,10H2. The van der Waals surface area contributed by atoms with Crippen LogP contribution in [0.25, 0.3) is 0 Å². The van der Waals surface area contributed by atoms with E-state index in [1.54, 1.807) is 4.90 Å². The van der Waals surface area contributed by atoms with E-state index in [0.717, 1.165) is 29.7 Å². The molecule has 10 nitrogen and oxygen atoms in total. The van der Waals surface area contributed by atoms with Gasteiger partial charge in [0, 0.05) is 50.8 Å². The van der Waals surface area contributed by atoms with Crippen LogP contribution in [0.2, 0.25) is 0 Å². The first-order valence-corrected chi connectivity index (χ1v) is 10.3. The van der Waals surface area contributed by atoms with Crippen molar-refractivity contribution in [2.45, 2.75) is 5.03 Å². The second-order valence-corrected chi connectivity index (χ2v) is 7.92. The minimum absolute atomic E-state index is 0.147. The summed E-state index contributed by atoms with van der Waals surface area (Å²) in [5, 5.41) is 21.1. The van der Waals surface area contributed by atoms with E-state index in [1.807, 2.05) is 21.6 Å². The summed E-state index contributed by atoms with van der Waals surface area (Å²) in [6.07, 6.45) is 0.817. The number of carbonyl (C=O) groups is 1. The van der Waals surface area contributed by atoms with Crippen molar-refractivity contribution in [1.29, 1.82) is 0 Å². The van der Waals surface area contributed by atoms with Crippen LogP contribution >= 0.6 is 23.5 Å². The Morgan fingerprint density at radius 2 is 1.85 bits per heavy atom. The van der Waals surface area contributed by atoms with Gasteiger partial charge in [-0.05, 0) is 0 Å². The zero-order valence-corrected chi connectivity index (χ0v) is 15.7. The van der Waals surface area contributed by atoms with E-state index in [9.17, 15) is 20.0 Å². The van der Waals surface area contributed by atoms with Crippen LogP contribution in [0.1, 0.15) is 0 Å². The molecule has 2 aliphatic heterocycles. The quantitative estimate of drug-likeness (QED) is 0.178. The van der Waals surface area contributed by atoms with Gasteiger partial charge in [-0.3, -0.25) is 14.9 Å². The fraction of sp³-hybridized carbons (Fsp3) is 0.643. The second kappa shape index (κ2) is 8.73. The van der Waals surface area contributed by atoms with E-state index in [2.05, 4.69) is 9.97 Å². The minimum Gasteiger partial charge on any atom is -0.385 e. The first-order valence-electron chi connectivity index (χ1n) is 8.21. The molecule has 142 valence electrons. The van der Waals surface area contributed by atoms with Crippen LogP contribution in [-0.4, -0.2) is 88.0 Å². The third-order valence-electron chi connectivity index (χ3n) is 4.26. The van der Waals surface area contributed by atoms with Gasteiger partial charge in [-0.25, -0.2) is 0 Å². The summed E-state index contributed by atoms with van der Waals surface area (Å²) < 4.78 is 0. The van der Waals surface area contributed by atoms with Crippen LogP contribution in [0.5, 0.6) is 0 Å². The van der Waals surface area contributed by atoms with E-state index in [-0.39, 0.29) is 16.7 Å². The molecule has 1 aromatic heterocycles. The van der Waals surface area contributed by atoms with Gasteiger partial charge in [0.1, 0.15) is 0 Å². The third-order valence-corrected chi connectivity index (χ3v) is 5.89. The summed E-state index contributed by atoms with van der Waals surface area (Å²) in [6, 6.07) is 0. The van der Waals surface area contributed by atoms with E-state index < -0.39 is 4.92 Å². The highest BCUT2D eigenvalue weighted by atomic mass is 32.2. The summed E-state index contributed by atoms with van der Waals surface area (Å²) in [7, 11) is 0. The van der Waals surface area contributed by atoms with Crippen molar-refractivity contribution in [3.05, 3.63) is 10.1 Å². The SMILES string of the molecule is O=CN1CCN(c2nc(SCO)c([N+](=O)[O-])c(N3CCSCC3)n2)CC1. The smallest absolute Gasteiger partial charge is 0.343 e. The zero-order chi connectivity index (χ0) is 18.5. The molecule has 2 aliphatic rings. The van der Waals surface area contributed by atoms with Crippen molar-refractivity contribution in [2.75, 3.05) is 66.5 Å². The predicted molar refractivity (Wildman–Crippen MR) is 101 cm³/mol. The fourth-order valence-corrected chi connectivity index (χ4v) is 4.37. The highest BCUT2D eigenvalue weighted by Gasteiger charge is 2.31. The molecule has 0 saturated carbocycles. The van der Waals surface area contributed by atoms with Crippen LogP contribution in [0.4, 0.5) is 17.5 Å². The molecule has 0 radical (unpaired) electrons. The number of nitro groups is 1. The largest absolute Gasteiger partial charge is 0.385 e. The average molecular weight is 400 g/mol. The van der Waals surface area contributed by atoms with E-state index >= 15 is 0 Å². The maximum absolute atomic E-state index is 11.7. The van der Waals surface area contributed by atoms with Crippen LogP contribution in [0, 0.1) is 10.1 Å². The molecule has 3 heterocycles. The Morgan fingerprint density at radius 1 is 1.15 bits per heavy atom. The lowest BCUT2D eigenvalue weighted by Gasteiger charge is -2.33. The lowest BCUT2D eigenvalue weighted by Crippen LogP contribution is -2.46. The lowest BCUT2D eigenvalue weighted by molar-refractivity contribution is -0.387. The van der Waals surface area contributed by atoms with Gasteiger partial charge in [0.15, 0.2) is 5.03 Å². The first-order chi connectivity index (χ1) is 12.6. The molecule has 26 heavy (non-hydrogen) atoms. The van der Waals surface area contributed by atoms with Gasteiger partial charge in [0.25, 0.3) is 0 Å². The van der Waals surface area contributed by atoms with Gasteiger partial charge in [-0.2, -0.15) is 21.7 Å². The molecule has 0 aliphatic carbocycles. The van der Waals surface area contributed by atoms with Gasteiger partial charge in [0.2, 0.25) is 18.2 Å². The fourth-order valence-electron chi connectivity index (χ4n) is 2.90.